The Kier molecular flexibility index (Phi) is 3.62. The van der Waals surface area contributed by atoms with Crippen LogP contribution in [0.3, 0.4) is 0 Å². The normalized spacial score (nSPS) is 13.3. The molecule has 0 saturated carbocycles. The van der Waals surface area contributed by atoms with Crippen molar-refractivity contribution in [1.29, 1.82) is 0 Å². The molecule has 4 aromatic rings. The van der Waals surface area contributed by atoms with Crippen molar-refractivity contribution in [2.75, 3.05) is 0 Å². The van der Waals surface area contributed by atoms with Crippen LogP contribution in [0.4, 0.5) is 4.39 Å². The van der Waals surface area contributed by atoms with Crippen LogP contribution in [0.2, 0.25) is 0 Å². The zero-order chi connectivity index (χ0) is 20.9. The molecular weight excluding hydrogens is 345 g/mol. The number of carbonyl (C=O) groups is 1. The van der Waals surface area contributed by atoms with Gasteiger partial charge in [0.15, 0.2) is 0 Å². The first-order chi connectivity index (χ1) is 13.7. The first-order valence-corrected chi connectivity index (χ1v) is 8.68. The van der Waals surface area contributed by atoms with Crippen molar-refractivity contribution in [2.45, 2.75) is 32.6 Å². The highest BCUT2D eigenvalue weighted by molar-refractivity contribution is 5.98. The number of carboxylic acid groups (broad SMARTS) is 1. The van der Waals surface area contributed by atoms with Crippen molar-refractivity contribution in [3.8, 4) is 5.69 Å². The van der Waals surface area contributed by atoms with Gasteiger partial charge in [-0.3, -0.25) is 9.89 Å². The molecule has 6 heteroatoms. The minimum absolute atomic E-state index is 0.0245. The summed E-state index contributed by atoms with van der Waals surface area (Å²) < 4.78 is 31.5. The summed E-state index contributed by atoms with van der Waals surface area (Å²) in [6.45, 7) is 3.95. The molecule has 2 N–H and O–H groups in total. The Morgan fingerprint density at radius 3 is 2.74 bits per heavy atom. The molecule has 0 saturated heterocycles. The van der Waals surface area contributed by atoms with Crippen LogP contribution in [0.25, 0.3) is 27.5 Å². The number of carboxylic acids is 1. The van der Waals surface area contributed by atoms with E-state index < -0.39 is 12.3 Å². The van der Waals surface area contributed by atoms with Crippen LogP contribution in [0.1, 0.15) is 40.1 Å². The van der Waals surface area contributed by atoms with E-state index in [4.69, 9.17) is 2.74 Å². The fourth-order valence-corrected chi connectivity index (χ4v) is 3.63. The summed E-state index contributed by atoms with van der Waals surface area (Å²) in [6, 6.07) is 9.88. The van der Waals surface area contributed by atoms with Gasteiger partial charge >= 0.3 is 5.97 Å². The summed E-state index contributed by atoms with van der Waals surface area (Å²) in [5, 5.41) is 18.0. The lowest BCUT2D eigenvalue weighted by Crippen LogP contribution is -2.06. The van der Waals surface area contributed by atoms with E-state index in [-0.39, 0.29) is 18.2 Å². The van der Waals surface area contributed by atoms with Gasteiger partial charge in [0.1, 0.15) is 5.82 Å². The van der Waals surface area contributed by atoms with E-state index in [9.17, 15) is 14.3 Å². The number of nitrogens with one attached hydrogen (secondary N) is 1. The second-order valence-electron chi connectivity index (χ2n) is 6.82. The van der Waals surface area contributed by atoms with Crippen LogP contribution in [0, 0.1) is 5.82 Å². The van der Waals surface area contributed by atoms with Gasteiger partial charge in [-0.1, -0.05) is 13.8 Å². The molecule has 0 bridgehead atoms. The molecule has 4 rings (SSSR count). The molecule has 2 aromatic carbocycles. The van der Waals surface area contributed by atoms with Crippen molar-refractivity contribution >= 4 is 27.8 Å². The summed E-state index contributed by atoms with van der Waals surface area (Å²) in [5.41, 5.74) is 3.73. The fraction of sp³-hybridized carbons (Fsp3) is 0.238. The molecule has 0 amide bonds. The van der Waals surface area contributed by atoms with E-state index >= 15 is 0 Å². The van der Waals surface area contributed by atoms with Crippen molar-refractivity contribution in [3.05, 3.63) is 59.7 Å². The van der Waals surface area contributed by atoms with Gasteiger partial charge in [-0.05, 0) is 54.3 Å². The minimum atomic E-state index is -2.42. The number of aliphatic carboxylic acids is 1. The number of hydrogen-bond acceptors (Lipinski definition) is 2. The summed E-state index contributed by atoms with van der Waals surface area (Å²) in [6.07, 6.45) is -1.00. The molecule has 0 fully saturated rings. The van der Waals surface area contributed by atoms with E-state index in [2.05, 4.69) is 10.2 Å². The SMILES string of the molecule is [2H]C([2H])(Cc1c(C(C)C)n(-c2ccc(F)cc2)c2cc3cn[nH]c3cc12)C(=O)O. The number of aromatic amines is 1. The predicted octanol–water partition coefficient (Wildman–Crippen LogP) is 4.79. The molecule has 0 atom stereocenters. The Balaban J connectivity index is 2.10. The molecule has 0 aliphatic carbocycles. The van der Waals surface area contributed by atoms with Crippen molar-refractivity contribution < 1.29 is 17.0 Å². The molecule has 0 unspecified atom stereocenters. The van der Waals surface area contributed by atoms with E-state index in [0.717, 1.165) is 33.2 Å². The van der Waals surface area contributed by atoms with Gasteiger partial charge in [-0.2, -0.15) is 5.10 Å². The van der Waals surface area contributed by atoms with E-state index in [0.29, 0.717) is 5.56 Å². The summed E-state index contributed by atoms with van der Waals surface area (Å²) in [7, 11) is 0. The molecule has 2 heterocycles. The Morgan fingerprint density at radius 2 is 2.07 bits per heavy atom. The number of benzene rings is 2. The standard InChI is InChI=1S/C21H20FN3O2/c1-12(2)21-16(7-8-20(26)27)17-10-18-13(11-23-24-18)9-19(17)25(21)15-5-3-14(22)4-6-15/h3-6,9-12H,7-8H2,1-2H3,(H,23,24)(H,26,27)/i8D2. The molecule has 2 aromatic heterocycles. The van der Waals surface area contributed by atoms with Crippen molar-refractivity contribution in [1.82, 2.24) is 14.8 Å². The topological polar surface area (TPSA) is 70.9 Å². The maximum absolute atomic E-state index is 13.5. The third-order valence-corrected chi connectivity index (χ3v) is 4.72. The van der Waals surface area contributed by atoms with Crippen LogP contribution in [-0.2, 0) is 11.2 Å². The third-order valence-electron chi connectivity index (χ3n) is 4.72. The number of aromatic nitrogens is 3. The molecular formula is C21H20FN3O2. The predicted molar refractivity (Wildman–Crippen MR) is 103 cm³/mol. The smallest absolute Gasteiger partial charge is 0.303 e. The van der Waals surface area contributed by atoms with Gasteiger partial charge < -0.3 is 9.67 Å². The summed E-state index contributed by atoms with van der Waals surface area (Å²) in [4.78, 5) is 11.5. The summed E-state index contributed by atoms with van der Waals surface area (Å²) >= 11 is 0. The van der Waals surface area contributed by atoms with Gasteiger partial charge in [0.05, 0.1) is 17.2 Å². The highest BCUT2D eigenvalue weighted by Gasteiger charge is 2.22. The second-order valence-corrected chi connectivity index (χ2v) is 6.82. The number of hydrogen-bond donors (Lipinski definition) is 2. The van der Waals surface area contributed by atoms with Crippen LogP contribution in [0.15, 0.2) is 42.6 Å². The van der Waals surface area contributed by atoms with Crippen LogP contribution in [-0.4, -0.2) is 25.8 Å². The molecule has 0 aliphatic rings. The largest absolute Gasteiger partial charge is 0.481 e. The lowest BCUT2D eigenvalue weighted by atomic mass is 9.99. The van der Waals surface area contributed by atoms with Crippen LogP contribution < -0.4 is 0 Å². The first-order valence-electron chi connectivity index (χ1n) is 9.68. The zero-order valence-corrected chi connectivity index (χ0v) is 15.0. The average molecular weight is 367 g/mol. The van der Waals surface area contributed by atoms with Gasteiger partial charge in [0.25, 0.3) is 0 Å². The van der Waals surface area contributed by atoms with Crippen LogP contribution >= 0.6 is 0 Å². The zero-order valence-electron chi connectivity index (χ0n) is 17.0. The molecule has 27 heavy (non-hydrogen) atoms. The Bertz CT molecular complexity index is 1230. The number of aryl methyl sites for hydroxylation is 1. The van der Waals surface area contributed by atoms with Gasteiger partial charge in [-0.15, -0.1) is 0 Å². The highest BCUT2D eigenvalue weighted by Crippen LogP contribution is 2.36. The van der Waals surface area contributed by atoms with Crippen molar-refractivity contribution in [3.63, 3.8) is 0 Å². The molecule has 0 radical (unpaired) electrons. The fourth-order valence-electron chi connectivity index (χ4n) is 3.63. The monoisotopic (exact) mass is 367 g/mol. The second kappa shape index (κ2) is 6.54. The Hall–Kier alpha value is -3.15. The lowest BCUT2D eigenvalue weighted by Gasteiger charge is -2.15. The maximum Gasteiger partial charge on any atom is 0.303 e. The Morgan fingerprint density at radius 1 is 1.33 bits per heavy atom. The minimum Gasteiger partial charge on any atom is -0.481 e. The summed E-state index contributed by atoms with van der Waals surface area (Å²) in [5.74, 6) is -1.88. The van der Waals surface area contributed by atoms with E-state index in [1.54, 1.807) is 18.3 Å². The van der Waals surface area contributed by atoms with Gasteiger partial charge in [-0.25, -0.2) is 4.39 Å². The van der Waals surface area contributed by atoms with E-state index in [1.165, 1.54) is 12.1 Å². The number of halogens is 1. The third kappa shape index (κ3) is 2.97. The molecule has 0 aliphatic heterocycles. The van der Waals surface area contributed by atoms with Crippen LogP contribution in [0.5, 0.6) is 0 Å². The quantitative estimate of drug-likeness (QED) is 0.533. The van der Waals surface area contributed by atoms with Gasteiger partial charge in [0.2, 0.25) is 0 Å². The highest BCUT2D eigenvalue weighted by atomic mass is 19.1. The van der Waals surface area contributed by atoms with Crippen molar-refractivity contribution in [2.24, 2.45) is 0 Å². The molecule has 5 nitrogen and oxygen atoms in total. The molecule has 138 valence electrons. The average Bonchev–Trinajstić information content (AvgIpc) is 3.22. The molecule has 0 spiro atoms. The maximum atomic E-state index is 13.5. The number of H-pyrrole nitrogens is 1. The van der Waals surface area contributed by atoms with Gasteiger partial charge in [0, 0.05) is 31.3 Å². The lowest BCUT2D eigenvalue weighted by molar-refractivity contribution is -0.136. The first kappa shape index (κ1) is 15.0. The number of nitrogens with zero attached hydrogens (tertiary/aromatic N) is 2. The number of rotatable bonds is 5. The Labute approximate surface area is 158 Å². The number of fused-ring (bicyclic) bond motifs is 2. The van der Waals surface area contributed by atoms with E-state index in [1.807, 2.05) is 30.5 Å².